The van der Waals surface area contributed by atoms with Crippen LogP contribution in [0.5, 0.6) is 0 Å². The third-order valence-electron chi connectivity index (χ3n) is 3.58. The van der Waals surface area contributed by atoms with Gasteiger partial charge >= 0.3 is 0 Å². The van der Waals surface area contributed by atoms with Crippen molar-refractivity contribution in [2.45, 2.75) is 18.0 Å². The summed E-state index contributed by atoms with van der Waals surface area (Å²) in [6.07, 6.45) is 0. The van der Waals surface area contributed by atoms with Crippen LogP contribution >= 0.6 is 0 Å². The first-order valence-corrected chi connectivity index (χ1v) is 8.51. The number of nitrogens with zero attached hydrogens (tertiary/aromatic N) is 1. The average molecular weight is 313 g/mol. The molecule has 0 aliphatic carbocycles. The number of nitrogens with one attached hydrogen (secondary N) is 2. The lowest BCUT2D eigenvalue weighted by Crippen LogP contribution is -2.34. The molecule has 1 heterocycles. The van der Waals surface area contributed by atoms with E-state index in [0.717, 1.165) is 25.2 Å². The standard InChI is InChI=1S/C14H23N3O3S/c1-17(7-8-20-2)6-5-16-21(18,19)14-4-3-12-10-15-11-13(12)9-14/h3-4,9,15-16H,5-8,10-11H2,1-2H3. The van der Waals surface area contributed by atoms with Gasteiger partial charge in [-0.2, -0.15) is 0 Å². The van der Waals surface area contributed by atoms with E-state index in [1.165, 1.54) is 5.56 Å². The van der Waals surface area contributed by atoms with E-state index in [1.54, 1.807) is 19.2 Å². The van der Waals surface area contributed by atoms with Gasteiger partial charge in [0, 0.05) is 39.8 Å². The summed E-state index contributed by atoms with van der Waals surface area (Å²) in [5, 5.41) is 3.21. The summed E-state index contributed by atoms with van der Waals surface area (Å²) in [4.78, 5) is 2.36. The summed E-state index contributed by atoms with van der Waals surface area (Å²) in [6, 6.07) is 5.31. The van der Waals surface area contributed by atoms with Crippen molar-refractivity contribution >= 4 is 10.0 Å². The van der Waals surface area contributed by atoms with Crippen LogP contribution in [0.3, 0.4) is 0 Å². The first-order valence-electron chi connectivity index (χ1n) is 7.02. The predicted octanol–water partition coefficient (Wildman–Crippen LogP) is 0.146. The molecule has 0 saturated heterocycles. The van der Waals surface area contributed by atoms with Gasteiger partial charge in [0.15, 0.2) is 0 Å². The Bertz CT molecular complexity index is 575. The zero-order valence-electron chi connectivity index (χ0n) is 12.6. The lowest BCUT2D eigenvalue weighted by molar-refractivity contribution is 0.162. The SMILES string of the molecule is COCCN(C)CCNS(=O)(=O)c1ccc2c(c1)CNC2. The fourth-order valence-electron chi connectivity index (χ4n) is 2.25. The zero-order chi connectivity index (χ0) is 15.3. The molecule has 0 radical (unpaired) electrons. The highest BCUT2D eigenvalue weighted by Crippen LogP contribution is 2.19. The van der Waals surface area contributed by atoms with E-state index < -0.39 is 10.0 Å². The minimum Gasteiger partial charge on any atom is -0.383 e. The lowest BCUT2D eigenvalue weighted by Gasteiger charge is -2.16. The number of rotatable bonds is 8. The van der Waals surface area contributed by atoms with Gasteiger partial charge in [0.05, 0.1) is 11.5 Å². The third-order valence-corrected chi connectivity index (χ3v) is 5.04. The van der Waals surface area contributed by atoms with Crippen LogP contribution in [0, 0.1) is 0 Å². The third kappa shape index (κ3) is 4.49. The first kappa shape index (κ1) is 16.4. The minimum atomic E-state index is -3.43. The number of likely N-dealkylation sites (N-methyl/N-ethyl adjacent to an activating group) is 1. The molecule has 2 N–H and O–H groups in total. The Morgan fingerprint density at radius 2 is 2.05 bits per heavy atom. The highest BCUT2D eigenvalue weighted by molar-refractivity contribution is 7.89. The van der Waals surface area contributed by atoms with E-state index in [-0.39, 0.29) is 0 Å². The Kier molecular flexibility index (Phi) is 5.72. The molecule has 0 unspecified atom stereocenters. The van der Waals surface area contributed by atoms with Gasteiger partial charge in [-0.3, -0.25) is 0 Å². The van der Waals surface area contributed by atoms with Gasteiger partial charge in [-0.05, 0) is 30.3 Å². The van der Waals surface area contributed by atoms with Crippen molar-refractivity contribution in [3.05, 3.63) is 29.3 Å². The number of ether oxygens (including phenoxy) is 1. The van der Waals surface area contributed by atoms with Gasteiger partial charge in [-0.1, -0.05) is 6.07 Å². The molecule has 1 aliphatic rings. The number of hydrogen-bond donors (Lipinski definition) is 2. The van der Waals surface area contributed by atoms with Gasteiger partial charge in [0.25, 0.3) is 0 Å². The molecule has 0 spiro atoms. The van der Waals surface area contributed by atoms with Crippen molar-refractivity contribution in [2.75, 3.05) is 40.4 Å². The number of benzene rings is 1. The van der Waals surface area contributed by atoms with Gasteiger partial charge in [0.2, 0.25) is 10.0 Å². The predicted molar refractivity (Wildman–Crippen MR) is 81.5 cm³/mol. The van der Waals surface area contributed by atoms with Gasteiger partial charge in [0.1, 0.15) is 0 Å². The summed E-state index contributed by atoms with van der Waals surface area (Å²) < 4.78 is 32.1. The summed E-state index contributed by atoms with van der Waals surface area (Å²) >= 11 is 0. The maximum absolute atomic E-state index is 12.3. The highest BCUT2D eigenvalue weighted by atomic mass is 32.2. The van der Waals surface area contributed by atoms with E-state index in [1.807, 2.05) is 18.0 Å². The summed E-state index contributed by atoms with van der Waals surface area (Å²) in [7, 11) is 0.157. The Balaban J connectivity index is 1.90. The molecule has 0 aromatic heterocycles. The summed E-state index contributed by atoms with van der Waals surface area (Å²) in [5.74, 6) is 0. The molecule has 0 atom stereocenters. The lowest BCUT2D eigenvalue weighted by atomic mass is 10.1. The molecule has 21 heavy (non-hydrogen) atoms. The molecule has 1 aromatic rings. The number of methoxy groups -OCH3 is 1. The van der Waals surface area contributed by atoms with Crippen molar-refractivity contribution in [2.24, 2.45) is 0 Å². The maximum atomic E-state index is 12.3. The second-order valence-electron chi connectivity index (χ2n) is 5.23. The molecule has 6 nitrogen and oxygen atoms in total. The van der Waals surface area contributed by atoms with Crippen LogP contribution in [0.25, 0.3) is 0 Å². The van der Waals surface area contributed by atoms with Crippen LogP contribution in [0.2, 0.25) is 0 Å². The number of sulfonamides is 1. The minimum absolute atomic E-state index is 0.337. The van der Waals surface area contributed by atoms with E-state index in [0.29, 0.717) is 24.6 Å². The van der Waals surface area contributed by atoms with Crippen LogP contribution < -0.4 is 10.0 Å². The van der Waals surface area contributed by atoms with E-state index >= 15 is 0 Å². The van der Waals surface area contributed by atoms with Crippen LogP contribution in [0.15, 0.2) is 23.1 Å². The topological polar surface area (TPSA) is 70.7 Å². The van der Waals surface area contributed by atoms with Crippen molar-refractivity contribution in [3.63, 3.8) is 0 Å². The largest absolute Gasteiger partial charge is 0.383 e. The van der Waals surface area contributed by atoms with Crippen LogP contribution in [0.4, 0.5) is 0 Å². The van der Waals surface area contributed by atoms with Crippen LogP contribution in [-0.4, -0.2) is 53.7 Å². The maximum Gasteiger partial charge on any atom is 0.240 e. The molecule has 2 rings (SSSR count). The second kappa shape index (κ2) is 7.33. The van der Waals surface area contributed by atoms with E-state index in [2.05, 4.69) is 10.0 Å². The van der Waals surface area contributed by atoms with Crippen molar-refractivity contribution in [3.8, 4) is 0 Å². The Labute approximate surface area is 126 Å². The quantitative estimate of drug-likeness (QED) is 0.715. The molecule has 0 amide bonds. The molecule has 118 valence electrons. The molecule has 0 fully saturated rings. The van der Waals surface area contributed by atoms with Gasteiger partial charge < -0.3 is 15.0 Å². The van der Waals surface area contributed by atoms with Crippen LogP contribution in [-0.2, 0) is 27.8 Å². The second-order valence-corrected chi connectivity index (χ2v) is 6.99. The summed E-state index contributed by atoms with van der Waals surface area (Å²) in [6.45, 7) is 4.00. The molecule has 0 bridgehead atoms. The normalized spacial score (nSPS) is 14.6. The fraction of sp³-hybridized carbons (Fsp3) is 0.571. The van der Waals surface area contributed by atoms with E-state index in [9.17, 15) is 8.42 Å². The summed E-state index contributed by atoms with van der Waals surface area (Å²) in [5.41, 5.74) is 2.24. The van der Waals surface area contributed by atoms with Gasteiger partial charge in [-0.15, -0.1) is 0 Å². The Hall–Kier alpha value is -0.990. The first-order chi connectivity index (χ1) is 10.0. The number of hydrogen-bond acceptors (Lipinski definition) is 5. The van der Waals surface area contributed by atoms with E-state index in [4.69, 9.17) is 4.74 Å². The smallest absolute Gasteiger partial charge is 0.240 e. The Morgan fingerprint density at radius 1 is 1.29 bits per heavy atom. The van der Waals surface area contributed by atoms with Crippen molar-refractivity contribution in [1.29, 1.82) is 0 Å². The fourth-order valence-corrected chi connectivity index (χ4v) is 3.32. The zero-order valence-corrected chi connectivity index (χ0v) is 13.4. The van der Waals surface area contributed by atoms with Gasteiger partial charge in [-0.25, -0.2) is 13.1 Å². The molecular weight excluding hydrogens is 290 g/mol. The van der Waals surface area contributed by atoms with Crippen LogP contribution in [0.1, 0.15) is 11.1 Å². The molecule has 1 aromatic carbocycles. The highest BCUT2D eigenvalue weighted by Gasteiger charge is 2.17. The molecule has 1 aliphatic heterocycles. The molecule has 7 heteroatoms. The number of fused-ring (bicyclic) bond motifs is 1. The van der Waals surface area contributed by atoms with Crippen molar-refractivity contribution < 1.29 is 13.2 Å². The molecule has 0 saturated carbocycles. The molecular formula is C14H23N3O3S. The van der Waals surface area contributed by atoms with Crippen molar-refractivity contribution in [1.82, 2.24) is 14.9 Å². The Morgan fingerprint density at radius 3 is 2.81 bits per heavy atom. The average Bonchev–Trinajstić information content (AvgIpc) is 2.92. The monoisotopic (exact) mass is 313 g/mol.